The zero-order valence-corrected chi connectivity index (χ0v) is 14.0. The van der Waals surface area contributed by atoms with E-state index in [4.69, 9.17) is 0 Å². The first kappa shape index (κ1) is 16.1. The van der Waals surface area contributed by atoms with Gasteiger partial charge in [-0.15, -0.1) is 0 Å². The predicted molar refractivity (Wildman–Crippen MR) is 97.7 cm³/mol. The monoisotopic (exact) mass is 318 g/mol. The Morgan fingerprint density at radius 3 is 1.21 bits per heavy atom. The molecule has 0 aliphatic rings. The molecule has 24 heavy (non-hydrogen) atoms. The fourth-order valence-corrected chi connectivity index (χ4v) is 3.15. The SMILES string of the molecule is CC(c1ccccc1)c1ccc(C(C)c2ccccc2)c(O)c1O. The van der Waals surface area contributed by atoms with E-state index in [0.29, 0.717) is 0 Å². The second-order valence-electron chi connectivity index (χ2n) is 6.21. The Kier molecular flexibility index (Phi) is 4.57. The molecule has 3 aromatic carbocycles. The summed E-state index contributed by atoms with van der Waals surface area (Å²) < 4.78 is 0. The standard InChI is InChI=1S/C22H22O2/c1-15(17-9-5-3-6-10-17)19-13-14-20(22(24)21(19)23)16(2)18-11-7-4-8-12-18/h3-16,23-24H,1-2H3. The number of phenolic OH excluding ortho intramolecular Hbond substituents is 2. The second-order valence-corrected chi connectivity index (χ2v) is 6.21. The normalized spacial score (nSPS) is 13.4. The molecule has 0 saturated heterocycles. The average Bonchev–Trinajstić information content (AvgIpc) is 2.64. The topological polar surface area (TPSA) is 40.5 Å². The van der Waals surface area contributed by atoms with E-state index < -0.39 is 0 Å². The van der Waals surface area contributed by atoms with Crippen LogP contribution in [0.1, 0.15) is 47.9 Å². The molecule has 2 atom stereocenters. The number of hydrogen-bond donors (Lipinski definition) is 2. The highest BCUT2D eigenvalue weighted by molar-refractivity contribution is 5.55. The Balaban J connectivity index is 1.98. The molecule has 2 heteroatoms. The van der Waals surface area contributed by atoms with E-state index in [1.807, 2.05) is 86.6 Å². The highest BCUT2D eigenvalue weighted by Gasteiger charge is 2.21. The van der Waals surface area contributed by atoms with Crippen LogP contribution in [-0.4, -0.2) is 10.2 Å². The van der Waals surface area contributed by atoms with Crippen LogP contribution in [0.25, 0.3) is 0 Å². The average molecular weight is 318 g/mol. The Bertz CT molecular complexity index is 740. The van der Waals surface area contributed by atoms with Crippen molar-refractivity contribution in [1.29, 1.82) is 0 Å². The Hall–Kier alpha value is -2.74. The van der Waals surface area contributed by atoms with Crippen LogP contribution in [0.15, 0.2) is 72.8 Å². The second kappa shape index (κ2) is 6.79. The largest absolute Gasteiger partial charge is 0.504 e. The van der Waals surface area contributed by atoms with E-state index in [2.05, 4.69) is 0 Å². The summed E-state index contributed by atoms with van der Waals surface area (Å²) in [6.07, 6.45) is 0. The van der Waals surface area contributed by atoms with Crippen LogP contribution in [0.4, 0.5) is 0 Å². The summed E-state index contributed by atoms with van der Waals surface area (Å²) in [5.41, 5.74) is 3.69. The minimum absolute atomic E-state index is 0.0122. The quantitative estimate of drug-likeness (QED) is 0.632. The smallest absolute Gasteiger partial charge is 0.161 e. The molecule has 0 fully saturated rings. The summed E-state index contributed by atoms with van der Waals surface area (Å²) in [5, 5.41) is 21.1. The summed E-state index contributed by atoms with van der Waals surface area (Å²) in [6, 6.07) is 23.8. The van der Waals surface area contributed by atoms with Crippen LogP contribution in [0.5, 0.6) is 11.5 Å². The highest BCUT2D eigenvalue weighted by atomic mass is 16.3. The zero-order valence-electron chi connectivity index (χ0n) is 14.0. The van der Waals surface area contributed by atoms with Crippen molar-refractivity contribution in [3.63, 3.8) is 0 Å². The Morgan fingerprint density at radius 1 is 0.542 bits per heavy atom. The van der Waals surface area contributed by atoms with Gasteiger partial charge in [0, 0.05) is 23.0 Å². The molecule has 122 valence electrons. The molecule has 3 aromatic rings. The van der Waals surface area contributed by atoms with Gasteiger partial charge < -0.3 is 10.2 Å². The van der Waals surface area contributed by atoms with Gasteiger partial charge in [0.15, 0.2) is 11.5 Å². The zero-order chi connectivity index (χ0) is 17.1. The molecule has 3 rings (SSSR count). The van der Waals surface area contributed by atoms with Crippen molar-refractivity contribution < 1.29 is 10.2 Å². The van der Waals surface area contributed by atoms with Crippen LogP contribution in [-0.2, 0) is 0 Å². The summed E-state index contributed by atoms with van der Waals surface area (Å²) in [6.45, 7) is 4.06. The van der Waals surface area contributed by atoms with Gasteiger partial charge in [0.1, 0.15) is 0 Å². The summed E-state index contributed by atoms with van der Waals surface area (Å²) in [7, 11) is 0. The van der Waals surface area contributed by atoms with Crippen LogP contribution >= 0.6 is 0 Å². The summed E-state index contributed by atoms with van der Waals surface area (Å²) >= 11 is 0. The third-order valence-electron chi connectivity index (χ3n) is 4.75. The fourth-order valence-electron chi connectivity index (χ4n) is 3.15. The van der Waals surface area contributed by atoms with Crippen molar-refractivity contribution in [2.24, 2.45) is 0 Å². The Labute approximate surface area is 143 Å². The lowest BCUT2D eigenvalue weighted by Crippen LogP contribution is -2.01. The number of aromatic hydroxyl groups is 2. The molecule has 2 nitrogen and oxygen atoms in total. The first-order chi connectivity index (χ1) is 11.6. The summed E-state index contributed by atoms with van der Waals surface area (Å²) in [5.74, 6) is -0.0189. The third-order valence-corrected chi connectivity index (χ3v) is 4.75. The number of rotatable bonds is 4. The molecule has 0 radical (unpaired) electrons. The minimum atomic E-state index is -0.0216. The van der Waals surface area contributed by atoms with Crippen molar-refractivity contribution >= 4 is 0 Å². The predicted octanol–water partition coefficient (Wildman–Crippen LogP) is 5.40. The van der Waals surface area contributed by atoms with Crippen LogP contribution < -0.4 is 0 Å². The van der Waals surface area contributed by atoms with E-state index in [0.717, 1.165) is 22.3 Å². The fraction of sp³-hybridized carbons (Fsp3) is 0.182. The minimum Gasteiger partial charge on any atom is -0.504 e. The molecular formula is C22H22O2. The van der Waals surface area contributed by atoms with E-state index in [9.17, 15) is 10.2 Å². The van der Waals surface area contributed by atoms with Gasteiger partial charge >= 0.3 is 0 Å². The van der Waals surface area contributed by atoms with Gasteiger partial charge in [-0.1, -0.05) is 86.6 Å². The number of hydrogen-bond acceptors (Lipinski definition) is 2. The molecule has 0 bridgehead atoms. The first-order valence-electron chi connectivity index (χ1n) is 8.24. The molecule has 2 unspecified atom stereocenters. The molecule has 0 aliphatic carbocycles. The molecule has 0 aromatic heterocycles. The van der Waals surface area contributed by atoms with Gasteiger partial charge in [0.2, 0.25) is 0 Å². The number of benzene rings is 3. The third kappa shape index (κ3) is 3.00. The van der Waals surface area contributed by atoms with Crippen LogP contribution in [0.2, 0.25) is 0 Å². The molecule has 0 amide bonds. The highest BCUT2D eigenvalue weighted by Crippen LogP contribution is 2.42. The summed E-state index contributed by atoms with van der Waals surface area (Å²) in [4.78, 5) is 0. The van der Waals surface area contributed by atoms with E-state index in [-0.39, 0.29) is 23.3 Å². The molecule has 0 heterocycles. The lowest BCUT2D eigenvalue weighted by molar-refractivity contribution is 0.393. The first-order valence-corrected chi connectivity index (χ1v) is 8.24. The lowest BCUT2D eigenvalue weighted by atomic mass is 9.87. The molecule has 0 saturated carbocycles. The number of phenols is 2. The van der Waals surface area contributed by atoms with Gasteiger partial charge in [0.05, 0.1) is 0 Å². The van der Waals surface area contributed by atoms with E-state index in [1.165, 1.54) is 0 Å². The van der Waals surface area contributed by atoms with Gasteiger partial charge in [-0.05, 0) is 11.1 Å². The van der Waals surface area contributed by atoms with Crippen molar-refractivity contribution in [1.82, 2.24) is 0 Å². The van der Waals surface area contributed by atoms with Crippen molar-refractivity contribution in [2.75, 3.05) is 0 Å². The van der Waals surface area contributed by atoms with Crippen LogP contribution in [0.3, 0.4) is 0 Å². The maximum Gasteiger partial charge on any atom is 0.161 e. The lowest BCUT2D eigenvalue weighted by Gasteiger charge is -2.19. The Morgan fingerprint density at radius 2 is 0.875 bits per heavy atom. The molecule has 0 aliphatic heterocycles. The molecular weight excluding hydrogens is 296 g/mol. The van der Waals surface area contributed by atoms with Crippen molar-refractivity contribution in [2.45, 2.75) is 25.7 Å². The van der Waals surface area contributed by atoms with Gasteiger partial charge in [0.25, 0.3) is 0 Å². The van der Waals surface area contributed by atoms with Gasteiger partial charge in [-0.25, -0.2) is 0 Å². The van der Waals surface area contributed by atoms with Gasteiger partial charge in [-0.2, -0.15) is 0 Å². The van der Waals surface area contributed by atoms with Crippen molar-refractivity contribution in [3.8, 4) is 11.5 Å². The van der Waals surface area contributed by atoms with Gasteiger partial charge in [-0.3, -0.25) is 0 Å². The molecule has 0 spiro atoms. The van der Waals surface area contributed by atoms with E-state index in [1.54, 1.807) is 0 Å². The van der Waals surface area contributed by atoms with Crippen LogP contribution in [0, 0.1) is 0 Å². The maximum absolute atomic E-state index is 10.6. The van der Waals surface area contributed by atoms with Crippen molar-refractivity contribution in [3.05, 3.63) is 95.1 Å². The molecule has 2 N–H and O–H groups in total. The van der Waals surface area contributed by atoms with E-state index >= 15 is 0 Å². The maximum atomic E-state index is 10.6.